The zero-order chi connectivity index (χ0) is 21.7. The molecular formula is C21H28N4O5. The summed E-state index contributed by atoms with van der Waals surface area (Å²) >= 11 is 0. The molecule has 1 fully saturated rings. The summed E-state index contributed by atoms with van der Waals surface area (Å²) in [5, 5.41) is 5.61. The van der Waals surface area contributed by atoms with Gasteiger partial charge in [0, 0.05) is 50.9 Å². The summed E-state index contributed by atoms with van der Waals surface area (Å²) in [4.78, 5) is 40.6. The molecule has 9 heteroatoms. The highest BCUT2D eigenvalue weighted by atomic mass is 16.5. The molecule has 1 unspecified atom stereocenters. The van der Waals surface area contributed by atoms with Crippen molar-refractivity contribution in [1.82, 2.24) is 20.4 Å². The Kier molecular flexibility index (Phi) is 6.94. The number of amides is 3. The van der Waals surface area contributed by atoms with Gasteiger partial charge < -0.3 is 25.0 Å². The normalized spacial score (nSPS) is 19.8. The first-order chi connectivity index (χ1) is 14.4. The number of methoxy groups -OCH3 is 1. The van der Waals surface area contributed by atoms with E-state index in [-0.39, 0.29) is 5.91 Å². The summed E-state index contributed by atoms with van der Waals surface area (Å²) in [5.74, 6) is 0.131. The average molecular weight is 416 g/mol. The van der Waals surface area contributed by atoms with E-state index in [0.29, 0.717) is 61.9 Å². The summed E-state index contributed by atoms with van der Waals surface area (Å²) < 4.78 is 10.8. The van der Waals surface area contributed by atoms with Gasteiger partial charge in [0.25, 0.3) is 0 Å². The van der Waals surface area contributed by atoms with Gasteiger partial charge in [-0.15, -0.1) is 0 Å². The first-order valence-corrected chi connectivity index (χ1v) is 10.0. The van der Waals surface area contributed by atoms with E-state index in [2.05, 4.69) is 15.5 Å². The first kappa shape index (κ1) is 21.6. The van der Waals surface area contributed by atoms with Crippen LogP contribution in [-0.4, -0.2) is 74.1 Å². The number of para-hydroxylation sites is 1. The zero-order valence-electron chi connectivity index (χ0n) is 17.6. The molecule has 30 heavy (non-hydrogen) atoms. The first-order valence-electron chi connectivity index (χ1n) is 10.0. The van der Waals surface area contributed by atoms with Crippen molar-refractivity contribution < 1.29 is 23.9 Å². The third kappa shape index (κ3) is 4.73. The molecule has 0 saturated carbocycles. The van der Waals surface area contributed by atoms with E-state index in [9.17, 15) is 14.4 Å². The molecule has 0 aromatic heterocycles. The van der Waals surface area contributed by atoms with Crippen molar-refractivity contribution in [3.05, 3.63) is 41.1 Å². The van der Waals surface area contributed by atoms with Crippen LogP contribution < -0.4 is 15.4 Å². The van der Waals surface area contributed by atoms with Crippen LogP contribution in [0.4, 0.5) is 4.79 Å². The molecule has 1 aromatic rings. The van der Waals surface area contributed by atoms with Gasteiger partial charge in [-0.3, -0.25) is 9.69 Å². The number of carbonyl (C=O) groups excluding carboxylic acids is 3. The fourth-order valence-electron chi connectivity index (χ4n) is 3.78. The zero-order valence-corrected chi connectivity index (χ0v) is 17.6. The lowest BCUT2D eigenvalue weighted by Crippen LogP contribution is -2.52. The highest BCUT2D eigenvalue weighted by Gasteiger charge is 2.35. The van der Waals surface area contributed by atoms with Crippen molar-refractivity contribution in [2.24, 2.45) is 0 Å². The Hall–Kier alpha value is -3.07. The molecule has 2 aliphatic rings. The van der Waals surface area contributed by atoms with Crippen LogP contribution in [0.25, 0.3) is 0 Å². The van der Waals surface area contributed by atoms with E-state index in [1.807, 2.05) is 31.2 Å². The van der Waals surface area contributed by atoms with Gasteiger partial charge in [-0.05, 0) is 13.0 Å². The lowest BCUT2D eigenvalue weighted by Gasteiger charge is -2.36. The van der Waals surface area contributed by atoms with E-state index in [0.717, 1.165) is 0 Å². The number of carbonyl (C=O) groups is 3. The number of piperazine rings is 1. The number of esters is 1. The van der Waals surface area contributed by atoms with E-state index >= 15 is 0 Å². The summed E-state index contributed by atoms with van der Waals surface area (Å²) in [7, 11) is 1.32. The Morgan fingerprint density at radius 2 is 1.87 bits per heavy atom. The fourth-order valence-corrected chi connectivity index (χ4v) is 3.78. The summed E-state index contributed by atoms with van der Waals surface area (Å²) in [6.07, 6.45) is 0. The predicted molar refractivity (Wildman–Crippen MR) is 110 cm³/mol. The quantitative estimate of drug-likeness (QED) is 0.672. The molecule has 0 aliphatic carbocycles. The molecular weight excluding hydrogens is 388 g/mol. The number of ether oxygens (including phenoxy) is 2. The minimum absolute atomic E-state index is 0.0480. The summed E-state index contributed by atoms with van der Waals surface area (Å²) in [6.45, 7) is 6.79. The van der Waals surface area contributed by atoms with Gasteiger partial charge in [0.2, 0.25) is 5.91 Å². The Bertz CT molecular complexity index is 846. The third-order valence-electron chi connectivity index (χ3n) is 5.29. The standard InChI is InChI=1S/C21H28N4O5/c1-4-30-17-8-6-5-7-15(17)19-18(20(27)29-3)16(22-21(28)23-19)13-24-9-11-25(12-10-24)14(2)26/h5-8,19H,4,9-13H2,1-3H3,(H2,22,23,28). The van der Waals surface area contributed by atoms with Crippen molar-refractivity contribution in [3.63, 3.8) is 0 Å². The molecule has 2 heterocycles. The molecule has 3 rings (SSSR count). The molecule has 2 aliphatic heterocycles. The van der Waals surface area contributed by atoms with Crippen LogP contribution in [0.3, 0.4) is 0 Å². The van der Waals surface area contributed by atoms with Crippen molar-refractivity contribution >= 4 is 17.9 Å². The second-order valence-corrected chi connectivity index (χ2v) is 7.17. The minimum Gasteiger partial charge on any atom is -0.494 e. The third-order valence-corrected chi connectivity index (χ3v) is 5.29. The second kappa shape index (κ2) is 9.62. The number of nitrogens with one attached hydrogen (secondary N) is 2. The average Bonchev–Trinajstić information content (AvgIpc) is 2.74. The number of rotatable bonds is 6. The van der Waals surface area contributed by atoms with Gasteiger partial charge in [0.15, 0.2) is 0 Å². The number of hydrogen-bond acceptors (Lipinski definition) is 6. The maximum absolute atomic E-state index is 12.7. The van der Waals surface area contributed by atoms with Crippen molar-refractivity contribution in [2.45, 2.75) is 19.9 Å². The molecule has 0 spiro atoms. The fraction of sp³-hybridized carbons (Fsp3) is 0.476. The van der Waals surface area contributed by atoms with Gasteiger partial charge in [0.05, 0.1) is 25.3 Å². The maximum atomic E-state index is 12.7. The van der Waals surface area contributed by atoms with Gasteiger partial charge in [-0.1, -0.05) is 18.2 Å². The van der Waals surface area contributed by atoms with Crippen LogP contribution in [0.5, 0.6) is 5.75 Å². The number of hydrogen-bond donors (Lipinski definition) is 2. The largest absolute Gasteiger partial charge is 0.494 e. The van der Waals surface area contributed by atoms with Crippen molar-refractivity contribution in [2.75, 3.05) is 46.4 Å². The molecule has 0 bridgehead atoms. The highest BCUT2D eigenvalue weighted by Crippen LogP contribution is 2.33. The second-order valence-electron chi connectivity index (χ2n) is 7.17. The van der Waals surface area contributed by atoms with Gasteiger partial charge >= 0.3 is 12.0 Å². The Labute approximate surface area is 176 Å². The lowest BCUT2D eigenvalue weighted by atomic mass is 9.94. The Morgan fingerprint density at radius 3 is 2.50 bits per heavy atom. The van der Waals surface area contributed by atoms with Crippen LogP contribution >= 0.6 is 0 Å². The molecule has 0 radical (unpaired) electrons. The van der Waals surface area contributed by atoms with Crippen molar-refractivity contribution in [3.8, 4) is 5.75 Å². The maximum Gasteiger partial charge on any atom is 0.338 e. The molecule has 1 aromatic carbocycles. The Balaban J connectivity index is 1.93. The molecule has 1 atom stereocenters. The molecule has 9 nitrogen and oxygen atoms in total. The molecule has 2 N–H and O–H groups in total. The summed E-state index contributed by atoms with van der Waals surface area (Å²) in [5.41, 5.74) is 1.53. The van der Waals surface area contributed by atoms with Crippen LogP contribution in [0.2, 0.25) is 0 Å². The van der Waals surface area contributed by atoms with Crippen LogP contribution in [0, 0.1) is 0 Å². The van der Waals surface area contributed by atoms with Crippen molar-refractivity contribution in [1.29, 1.82) is 0 Å². The van der Waals surface area contributed by atoms with Gasteiger partial charge in [-0.2, -0.15) is 0 Å². The van der Waals surface area contributed by atoms with Crippen LogP contribution in [-0.2, 0) is 14.3 Å². The topological polar surface area (TPSA) is 100 Å². The number of urea groups is 1. The summed E-state index contributed by atoms with van der Waals surface area (Å²) in [6, 6.07) is 6.23. The van der Waals surface area contributed by atoms with E-state index in [4.69, 9.17) is 9.47 Å². The predicted octanol–water partition coefficient (Wildman–Crippen LogP) is 1.03. The lowest BCUT2D eigenvalue weighted by molar-refractivity contribution is -0.136. The van der Waals surface area contributed by atoms with E-state index < -0.39 is 18.0 Å². The van der Waals surface area contributed by atoms with Crippen LogP contribution in [0.1, 0.15) is 25.5 Å². The molecule has 3 amide bonds. The molecule has 162 valence electrons. The number of nitrogens with zero attached hydrogens (tertiary/aromatic N) is 2. The van der Waals surface area contributed by atoms with Crippen LogP contribution in [0.15, 0.2) is 35.5 Å². The number of benzene rings is 1. The molecule has 1 saturated heterocycles. The van der Waals surface area contributed by atoms with Gasteiger partial charge in [-0.25, -0.2) is 9.59 Å². The SMILES string of the molecule is CCOc1ccccc1C1NC(=O)NC(CN2CCN(C(C)=O)CC2)=C1C(=O)OC. The van der Waals surface area contributed by atoms with E-state index in [1.165, 1.54) is 7.11 Å². The van der Waals surface area contributed by atoms with E-state index in [1.54, 1.807) is 11.8 Å². The monoisotopic (exact) mass is 416 g/mol. The highest BCUT2D eigenvalue weighted by molar-refractivity contribution is 5.95. The van der Waals surface area contributed by atoms with Gasteiger partial charge in [0.1, 0.15) is 5.75 Å². The smallest absolute Gasteiger partial charge is 0.338 e. The Morgan fingerprint density at radius 1 is 1.17 bits per heavy atom. The minimum atomic E-state index is -0.692.